The first-order valence-electron chi connectivity index (χ1n) is 8.62. The predicted molar refractivity (Wildman–Crippen MR) is 103 cm³/mol. The number of nitrogens with one attached hydrogen (secondary N) is 1. The minimum atomic E-state index is -0.181. The van der Waals surface area contributed by atoms with Crippen LogP contribution in [0.1, 0.15) is 19.3 Å². The molecule has 0 saturated carbocycles. The molecule has 1 aromatic carbocycles. The highest BCUT2D eigenvalue weighted by Crippen LogP contribution is 2.38. The number of carbonyl (C=O) groups is 1. The van der Waals surface area contributed by atoms with Crippen LogP contribution in [0.5, 0.6) is 17.4 Å². The molecule has 142 valence electrons. The third-order valence-corrected chi connectivity index (χ3v) is 5.13. The third kappa shape index (κ3) is 3.38. The summed E-state index contributed by atoms with van der Waals surface area (Å²) in [6, 6.07) is 8.49. The largest absolute Gasteiger partial charge is 0.493 e. The Bertz CT molecular complexity index is 880. The lowest BCUT2D eigenvalue weighted by Gasteiger charge is -2.26. The number of methoxy groups -OCH3 is 1. The van der Waals surface area contributed by atoms with E-state index in [0.29, 0.717) is 18.0 Å². The van der Waals surface area contributed by atoms with Crippen molar-refractivity contribution in [2.24, 2.45) is 0 Å². The van der Waals surface area contributed by atoms with E-state index in [1.54, 1.807) is 24.1 Å². The molecule has 2 aromatic rings. The summed E-state index contributed by atoms with van der Waals surface area (Å²) in [6.07, 6.45) is 2.90. The first-order valence-corrected chi connectivity index (χ1v) is 9.38. The van der Waals surface area contributed by atoms with Gasteiger partial charge < -0.3 is 14.4 Å². The number of hydrogen-bond acceptors (Lipinski definition) is 5. The zero-order valence-corrected chi connectivity index (χ0v) is 16.1. The van der Waals surface area contributed by atoms with Crippen molar-refractivity contribution in [1.29, 1.82) is 0 Å². The monoisotopic (exact) mass is 408 g/mol. The molecule has 4 rings (SSSR count). The van der Waals surface area contributed by atoms with Gasteiger partial charge in [0.1, 0.15) is 11.2 Å². The van der Waals surface area contributed by atoms with Crippen LogP contribution in [-0.2, 0) is 0 Å². The van der Waals surface area contributed by atoms with Crippen LogP contribution in [0, 0.1) is 0 Å². The molecule has 0 bridgehead atoms. The Kier molecular flexibility index (Phi) is 4.99. The fraction of sp³-hybridized carbons (Fsp3) is 0.333. The van der Waals surface area contributed by atoms with Crippen LogP contribution in [-0.4, -0.2) is 35.7 Å². The zero-order chi connectivity index (χ0) is 19.0. The van der Waals surface area contributed by atoms with Crippen molar-refractivity contribution in [2.75, 3.05) is 18.7 Å². The molecule has 27 heavy (non-hydrogen) atoms. The van der Waals surface area contributed by atoms with E-state index in [2.05, 4.69) is 10.4 Å². The fourth-order valence-corrected chi connectivity index (χ4v) is 3.74. The number of piperidine rings is 1. The summed E-state index contributed by atoms with van der Waals surface area (Å²) in [4.78, 5) is 18.9. The number of benzene rings is 1. The summed E-state index contributed by atoms with van der Waals surface area (Å²) >= 11 is 12.6. The Morgan fingerprint density at radius 3 is 2.70 bits per heavy atom. The van der Waals surface area contributed by atoms with Crippen LogP contribution < -0.4 is 19.9 Å². The number of anilines is 1. The van der Waals surface area contributed by atoms with Gasteiger partial charge in [0.25, 0.3) is 0 Å². The van der Waals surface area contributed by atoms with Crippen LogP contribution >= 0.6 is 23.2 Å². The van der Waals surface area contributed by atoms with Crippen molar-refractivity contribution < 1.29 is 14.3 Å². The van der Waals surface area contributed by atoms with Crippen molar-refractivity contribution in [2.45, 2.75) is 25.4 Å². The summed E-state index contributed by atoms with van der Waals surface area (Å²) in [5.74, 6) is 1.39. The summed E-state index contributed by atoms with van der Waals surface area (Å²) in [5, 5.41) is 1.86. The van der Waals surface area contributed by atoms with Gasteiger partial charge in [-0.3, -0.25) is 0 Å². The molecule has 1 N–H and O–H groups in total. The van der Waals surface area contributed by atoms with Crippen molar-refractivity contribution in [1.82, 2.24) is 15.3 Å². The Morgan fingerprint density at radius 1 is 1.19 bits per heavy atom. The quantitative estimate of drug-likeness (QED) is 0.809. The molecule has 1 unspecified atom stereocenters. The minimum absolute atomic E-state index is 0.0432. The van der Waals surface area contributed by atoms with Crippen LogP contribution in [0.4, 0.5) is 10.6 Å². The van der Waals surface area contributed by atoms with E-state index < -0.39 is 0 Å². The number of halogens is 2. The Labute approximate surface area is 166 Å². The van der Waals surface area contributed by atoms with Gasteiger partial charge in [-0.2, -0.15) is 4.98 Å². The molecular formula is C18H18Cl2N4O3. The van der Waals surface area contributed by atoms with Crippen molar-refractivity contribution in [3.8, 4) is 17.4 Å². The molecular weight excluding hydrogens is 391 g/mol. The number of carbonyl (C=O) groups excluding carboxylic acids is 1. The molecule has 0 aliphatic carbocycles. The first-order chi connectivity index (χ1) is 13.1. The molecule has 7 nitrogen and oxygen atoms in total. The molecule has 2 fully saturated rings. The number of pyridine rings is 1. The highest BCUT2D eigenvalue weighted by Gasteiger charge is 2.40. The van der Waals surface area contributed by atoms with E-state index in [0.717, 1.165) is 19.3 Å². The van der Waals surface area contributed by atoms with Crippen molar-refractivity contribution in [3.05, 3.63) is 40.4 Å². The highest BCUT2D eigenvalue weighted by molar-refractivity contribution is 6.37. The summed E-state index contributed by atoms with van der Waals surface area (Å²) in [6.45, 7) is 0.711. The summed E-state index contributed by atoms with van der Waals surface area (Å²) in [7, 11) is 1.55. The minimum Gasteiger partial charge on any atom is -0.493 e. The van der Waals surface area contributed by atoms with Crippen molar-refractivity contribution >= 4 is 35.1 Å². The van der Waals surface area contributed by atoms with Crippen LogP contribution in [0.3, 0.4) is 0 Å². The van der Waals surface area contributed by atoms with E-state index in [-0.39, 0.29) is 33.9 Å². The van der Waals surface area contributed by atoms with Gasteiger partial charge in [0.15, 0.2) is 17.3 Å². The van der Waals surface area contributed by atoms with E-state index >= 15 is 0 Å². The van der Waals surface area contributed by atoms with E-state index in [1.807, 2.05) is 12.1 Å². The molecule has 0 radical (unpaired) electrons. The molecule has 3 heterocycles. The average Bonchev–Trinajstić information content (AvgIpc) is 3.01. The summed E-state index contributed by atoms with van der Waals surface area (Å²) in [5.41, 5.74) is 3.17. The maximum atomic E-state index is 12.7. The van der Waals surface area contributed by atoms with Gasteiger partial charge in [0, 0.05) is 6.54 Å². The molecule has 1 atom stereocenters. The lowest BCUT2D eigenvalue weighted by molar-refractivity contribution is 0.179. The van der Waals surface area contributed by atoms with E-state index in [4.69, 9.17) is 32.7 Å². The predicted octanol–water partition coefficient (Wildman–Crippen LogP) is 4.45. The van der Waals surface area contributed by atoms with Crippen molar-refractivity contribution in [3.63, 3.8) is 0 Å². The highest BCUT2D eigenvalue weighted by atomic mass is 35.5. The number of amides is 2. The molecule has 9 heteroatoms. The zero-order valence-electron chi connectivity index (χ0n) is 14.6. The summed E-state index contributed by atoms with van der Waals surface area (Å²) < 4.78 is 11.1. The SMILES string of the molecule is COc1ccccc1Oc1nc(N2NC3CCCCN3C2=O)c(Cl)cc1Cl. The normalized spacial score (nSPS) is 19.2. The Balaban J connectivity index is 1.67. The molecule has 2 aliphatic heterocycles. The smallest absolute Gasteiger partial charge is 0.341 e. The number of urea groups is 1. The number of hydrazine groups is 1. The number of nitrogens with zero attached hydrogens (tertiary/aromatic N) is 3. The fourth-order valence-electron chi connectivity index (χ4n) is 3.26. The number of para-hydroxylation sites is 2. The van der Waals surface area contributed by atoms with Gasteiger partial charge in [-0.25, -0.2) is 15.2 Å². The number of hydrogen-bond donors (Lipinski definition) is 1. The van der Waals surface area contributed by atoms with Gasteiger partial charge in [-0.15, -0.1) is 0 Å². The Morgan fingerprint density at radius 2 is 1.96 bits per heavy atom. The van der Waals surface area contributed by atoms with Gasteiger partial charge in [-0.1, -0.05) is 35.3 Å². The van der Waals surface area contributed by atoms with Gasteiger partial charge in [-0.05, 0) is 37.5 Å². The first kappa shape index (κ1) is 18.2. The van der Waals surface area contributed by atoms with E-state index in [9.17, 15) is 4.79 Å². The number of rotatable bonds is 4. The average molecular weight is 409 g/mol. The molecule has 0 spiro atoms. The standard InChI is InChI=1S/C18H18Cl2N4O3/c1-26-13-6-2-3-7-14(13)27-17-12(20)10-11(19)16(21-17)24-18(25)23-9-5-4-8-15(23)22-24/h2-3,6-7,10,15,22H,4-5,8-9H2,1H3. The number of aromatic nitrogens is 1. The third-order valence-electron chi connectivity index (χ3n) is 4.58. The maximum Gasteiger partial charge on any atom is 0.341 e. The number of fused-ring (bicyclic) bond motifs is 1. The van der Waals surface area contributed by atoms with Gasteiger partial charge in [0.05, 0.1) is 12.1 Å². The molecule has 2 saturated heterocycles. The molecule has 2 aliphatic rings. The van der Waals surface area contributed by atoms with Gasteiger partial charge in [0.2, 0.25) is 5.88 Å². The maximum absolute atomic E-state index is 12.7. The number of ether oxygens (including phenoxy) is 2. The topological polar surface area (TPSA) is 66.9 Å². The van der Waals surface area contributed by atoms with Crippen LogP contribution in [0.25, 0.3) is 0 Å². The molecule has 1 aromatic heterocycles. The second-order valence-electron chi connectivity index (χ2n) is 6.29. The van der Waals surface area contributed by atoms with Gasteiger partial charge >= 0.3 is 6.03 Å². The molecule has 2 amide bonds. The van der Waals surface area contributed by atoms with Crippen LogP contribution in [0.2, 0.25) is 10.0 Å². The Hall–Kier alpha value is -2.22. The lowest BCUT2D eigenvalue weighted by Crippen LogP contribution is -2.40. The second kappa shape index (κ2) is 7.42. The van der Waals surface area contributed by atoms with E-state index in [1.165, 1.54) is 11.1 Å². The second-order valence-corrected chi connectivity index (χ2v) is 7.10. The lowest BCUT2D eigenvalue weighted by atomic mass is 10.1. The van der Waals surface area contributed by atoms with Crippen LogP contribution in [0.15, 0.2) is 30.3 Å².